The van der Waals surface area contributed by atoms with Crippen molar-refractivity contribution in [2.45, 2.75) is 39.3 Å². The minimum Gasteiger partial charge on any atom is -0.361 e. The number of fused-ring (bicyclic) bond motifs is 1. The highest BCUT2D eigenvalue weighted by molar-refractivity contribution is 5.96. The lowest BCUT2D eigenvalue weighted by molar-refractivity contribution is -0.121. The number of hydrogen-bond donors (Lipinski definition) is 1. The number of likely N-dealkylation sites (N-methyl/N-ethyl adjacent to an activating group) is 1. The van der Waals surface area contributed by atoms with Gasteiger partial charge in [0.05, 0.1) is 11.7 Å². The van der Waals surface area contributed by atoms with Crippen LogP contribution in [0.4, 0.5) is 5.69 Å². The summed E-state index contributed by atoms with van der Waals surface area (Å²) in [6, 6.07) is 7.85. The van der Waals surface area contributed by atoms with E-state index in [0.29, 0.717) is 6.54 Å². The molecule has 0 saturated heterocycles. The number of nitrogens with one attached hydrogen (secondary N) is 1. The first-order valence-corrected chi connectivity index (χ1v) is 7.57. The minimum absolute atomic E-state index is 0.0548. The van der Waals surface area contributed by atoms with Gasteiger partial charge in [-0.2, -0.15) is 0 Å². The summed E-state index contributed by atoms with van der Waals surface area (Å²) in [6.45, 7) is 4.50. The number of benzene rings is 1. The molecule has 1 amide bonds. The Bertz CT molecular complexity index is 673. The lowest BCUT2D eigenvalue weighted by atomic mass is 10.0. The van der Waals surface area contributed by atoms with Crippen LogP contribution >= 0.6 is 0 Å². The largest absolute Gasteiger partial charge is 0.361 e. The summed E-state index contributed by atoms with van der Waals surface area (Å²) < 4.78 is 5.21. The molecule has 1 N–H and O–H groups in total. The molecule has 3 rings (SSSR count). The minimum atomic E-state index is -0.152. The third kappa shape index (κ3) is 2.76. The smallest absolute Gasteiger partial charge is 0.241 e. The fourth-order valence-electron chi connectivity index (χ4n) is 3.01. The third-order valence-electron chi connectivity index (χ3n) is 4.39. The highest BCUT2D eigenvalue weighted by Crippen LogP contribution is 2.24. The Hall–Kier alpha value is -2.14. The number of para-hydroxylation sites is 1. The summed E-state index contributed by atoms with van der Waals surface area (Å²) in [4.78, 5) is 14.6. The average molecular weight is 299 g/mol. The zero-order chi connectivity index (χ0) is 15.7. The van der Waals surface area contributed by atoms with Gasteiger partial charge in [-0.3, -0.25) is 9.69 Å². The van der Waals surface area contributed by atoms with Crippen molar-refractivity contribution < 1.29 is 9.32 Å². The van der Waals surface area contributed by atoms with Gasteiger partial charge in [-0.15, -0.1) is 0 Å². The third-order valence-corrected chi connectivity index (χ3v) is 4.39. The quantitative estimate of drug-likeness (QED) is 0.946. The average Bonchev–Trinajstić information content (AvgIpc) is 2.72. The van der Waals surface area contributed by atoms with Crippen molar-refractivity contribution >= 4 is 11.6 Å². The Balaban J connectivity index is 1.76. The highest BCUT2D eigenvalue weighted by atomic mass is 16.5. The van der Waals surface area contributed by atoms with Gasteiger partial charge in [0.2, 0.25) is 5.91 Å². The maximum absolute atomic E-state index is 12.5. The van der Waals surface area contributed by atoms with Crippen LogP contribution in [0.1, 0.15) is 29.0 Å². The number of carbonyl (C=O) groups excluding carboxylic acids is 1. The van der Waals surface area contributed by atoms with Gasteiger partial charge in [0, 0.05) is 17.8 Å². The van der Waals surface area contributed by atoms with Crippen LogP contribution < -0.4 is 5.32 Å². The van der Waals surface area contributed by atoms with E-state index in [2.05, 4.69) is 21.4 Å². The Morgan fingerprint density at radius 3 is 2.86 bits per heavy atom. The van der Waals surface area contributed by atoms with Crippen LogP contribution in [0, 0.1) is 13.8 Å². The fraction of sp³-hybridized carbons (Fsp3) is 0.412. The lowest BCUT2D eigenvalue weighted by Gasteiger charge is -2.25. The summed E-state index contributed by atoms with van der Waals surface area (Å²) in [5.41, 5.74) is 4.09. The zero-order valence-corrected chi connectivity index (χ0v) is 13.2. The van der Waals surface area contributed by atoms with Gasteiger partial charge in [0.1, 0.15) is 5.76 Å². The van der Waals surface area contributed by atoms with Gasteiger partial charge in [0.15, 0.2) is 0 Å². The van der Waals surface area contributed by atoms with E-state index in [1.54, 1.807) is 0 Å². The molecule has 0 saturated carbocycles. The van der Waals surface area contributed by atoms with Crippen LogP contribution in [-0.4, -0.2) is 29.1 Å². The van der Waals surface area contributed by atoms with E-state index < -0.39 is 0 Å². The van der Waals surface area contributed by atoms with Crippen LogP contribution in [0.2, 0.25) is 0 Å². The molecular formula is C17H21N3O2. The second kappa shape index (κ2) is 5.93. The molecule has 2 heterocycles. The van der Waals surface area contributed by atoms with Crippen LogP contribution in [0.25, 0.3) is 0 Å². The molecular weight excluding hydrogens is 278 g/mol. The monoisotopic (exact) mass is 299 g/mol. The van der Waals surface area contributed by atoms with Crippen molar-refractivity contribution in [3.63, 3.8) is 0 Å². The number of carbonyl (C=O) groups is 1. The second-order valence-electron chi connectivity index (χ2n) is 5.92. The van der Waals surface area contributed by atoms with Crippen LogP contribution in [0.15, 0.2) is 28.8 Å². The van der Waals surface area contributed by atoms with E-state index >= 15 is 0 Å². The molecule has 1 aromatic heterocycles. The molecule has 5 heteroatoms. The van der Waals surface area contributed by atoms with E-state index in [1.807, 2.05) is 39.1 Å². The SMILES string of the molecule is Cc1noc(C)c1CN(C)[C@@H]1CCc2ccccc2NC1=O. The first-order chi connectivity index (χ1) is 10.6. The van der Waals surface area contributed by atoms with Crippen LogP contribution in [0.5, 0.6) is 0 Å². The summed E-state index contributed by atoms with van der Waals surface area (Å²) in [5.74, 6) is 0.876. The molecule has 2 aromatic rings. The summed E-state index contributed by atoms with van der Waals surface area (Å²) in [6.07, 6.45) is 1.70. The lowest BCUT2D eigenvalue weighted by Crippen LogP contribution is -2.41. The number of hydrogen-bond acceptors (Lipinski definition) is 4. The molecule has 5 nitrogen and oxygen atoms in total. The van der Waals surface area contributed by atoms with Gasteiger partial charge in [-0.1, -0.05) is 23.4 Å². The van der Waals surface area contributed by atoms with Gasteiger partial charge in [-0.25, -0.2) is 0 Å². The number of anilines is 1. The number of nitrogens with zero attached hydrogens (tertiary/aromatic N) is 2. The topological polar surface area (TPSA) is 58.4 Å². The maximum atomic E-state index is 12.5. The Labute approximate surface area is 130 Å². The van der Waals surface area contributed by atoms with Crippen molar-refractivity contribution in [3.8, 4) is 0 Å². The maximum Gasteiger partial charge on any atom is 0.241 e. The molecule has 0 spiro atoms. The Morgan fingerprint density at radius 2 is 2.14 bits per heavy atom. The zero-order valence-electron chi connectivity index (χ0n) is 13.2. The van der Waals surface area contributed by atoms with Crippen LogP contribution in [-0.2, 0) is 17.8 Å². The number of aromatic nitrogens is 1. The van der Waals surface area contributed by atoms with Gasteiger partial charge < -0.3 is 9.84 Å². The van der Waals surface area contributed by atoms with E-state index in [-0.39, 0.29) is 11.9 Å². The Kier molecular flexibility index (Phi) is 3.98. The normalized spacial score (nSPS) is 18.0. The Morgan fingerprint density at radius 1 is 1.36 bits per heavy atom. The molecule has 116 valence electrons. The van der Waals surface area contributed by atoms with Gasteiger partial charge >= 0.3 is 0 Å². The summed E-state index contributed by atoms with van der Waals surface area (Å²) in [7, 11) is 1.98. The molecule has 1 aliphatic heterocycles. The number of amides is 1. The van der Waals surface area contributed by atoms with Crippen molar-refractivity contribution in [1.82, 2.24) is 10.1 Å². The van der Waals surface area contributed by atoms with E-state index in [1.165, 1.54) is 5.56 Å². The molecule has 0 fully saturated rings. The fourth-order valence-corrected chi connectivity index (χ4v) is 3.01. The van der Waals surface area contributed by atoms with Gasteiger partial charge in [0.25, 0.3) is 0 Å². The number of aryl methyl sites for hydroxylation is 3. The molecule has 0 aliphatic carbocycles. The molecule has 1 aliphatic rings. The first kappa shape index (κ1) is 14.8. The van der Waals surface area contributed by atoms with E-state index in [0.717, 1.165) is 35.5 Å². The van der Waals surface area contributed by atoms with Gasteiger partial charge in [-0.05, 0) is 45.4 Å². The highest BCUT2D eigenvalue weighted by Gasteiger charge is 2.28. The molecule has 1 aromatic carbocycles. The summed E-state index contributed by atoms with van der Waals surface area (Å²) >= 11 is 0. The van der Waals surface area contributed by atoms with Crippen molar-refractivity contribution in [2.24, 2.45) is 0 Å². The van der Waals surface area contributed by atoms with Crippen LogP contribution in [0.3, 0.4) is 0 Å². The van der Waals surface area contributed by atoms with Crippen molar-refractivity contribution in [3.05, 3.63) is 46.8 Å². The summed E-state index contributed by atoms with van der Waals surface area (Å²) in [5, 5.41) is 7.02. The predicted octanol–water partition coefficient (Wildman–Crippen LogP) is 2.68. The van der Waals surface area contributed by atoms with E-state index in [4.69, 9.17) is 4.52 Å². The standard InChI is InChI=1S/C17H21N3O2/c1-11-14(12(2)22-19-11)10-20(3)16-9-8-13-6-4-5-7-15(13)18-17(16)21/h4-7,16H,8-10H2,1-3H3,(H,18,21)/t16-/m1/s1. The van der Waals surface area contributed by atoms with E-state index in [9.17, 15) is 4.79 Å². The number of rotatable bonds is 3. The molecule has 0 bridgehead atoms. The molecule has 1 atom stereocenters. The molecule has 0 unspecified atom stereocenters. The predicted molar refractivity (Wildman–Crippen MR) is 84.6 cm³/mol. The molecule has 0 radical (unpaired) electrons. The molecule has 22 heavy (non-hydrogen) atoms. The van der Waals surface area contributed by atoms with Crippen molar-refractivity contribution in [1.29, 1.82) is 0 Å². The second-order valence-corrected chi connectivity index (χ2v) is 5.92. The first-order valence-electron chi connectivity index (χ1n) is 7.57. The van der Waals surface area contributed by atoms with Crippen molar-refractivity contribution in [2.75, 3.05) is 12.4 Å².